The van der Waals surface area contributed by atoms with E-state index in [0.717, 1.165) is 0 Å². The molecule has 1 rings (SSSR count). The number of hydrogen-bond acceptors (Lipinski definition) is 5. The summed E-state index contributed by atoms with van der Waals surface area (Å²) < 4.78 is 0. The molecule has 1 aromatic heterocycles. The van der Waals surface area contributed by atoms with Crippen LogP contribution < -0.4 is 5.32 Å². The number of aliphatic hydroxyl groups is 1. The number of aliphatic hydroxyl groups excluding tert-OH is 1. The Balaban J connectivity index is 2.70. The average molecular weight is 237 g/mol. The molecule has 0 saturated carbocycles. The van der Waals surface area contributed by atoms with Gasteiger partial charge in [0.15, 0.2) is 11.0 Å². The lowest BCUT2D eigenvalue weighted by molar-refractivity contribution is 0.282. The molecule has 0 aliphatic rings. The van der Waals surface area contributed by atoms with E-state index < -0.39 is 0 Å². The van der Waals surface area contributed by atoms with Gasteiger partial charge in [0.1, 0.15) is 0 Å². The van der Waals surface area contributed by atoms with Crippen LogP contribution in [0, 0.1) is 0 Å². The van der Waals surface area contributed by atoms with Crippen LogP contribution in [0.15, 0.2) is 0 Å². The highest BCUT2D eigenvalue weighted by molar-refractivity contribution is 6.32. The predicted molar refractivity (Wildman–Crippen MR) is 54.6 cm³/mol. The second kappa shape index (κ2) is 5.29. The number of aromatic nitrogens is 3. The zero-order valence-corrected chi connectivity index (χ0v) is 9.05. The van der Waals surface area contributed by atoms with Crippen LogP contribution in [0.25, 0.3) is 0 Å². The molecule has 0 fully saturated rings. The van der Waals surface area contributed by atoms with E-state index >= 15 is 0 Å². The third-order valence-corrected chi connectivity index (χ3v) is 1.98. The SMILES string of the molecule is CC(CCO)Nc1nc(Cl)nnc1Cl. The number of anilines is 1. The summed E-state index contributed by atoms with van der Waals surface area (Å²) in [5, 5.41) is 18.9. The molecular formula is C7H10Cl2N4O. The molecule has 0 spiro atoms. The first-order chi connectivity index (χ1) is 6.63. The molecule has 0 aromatic carbocycles. The normalized spacial score (nSPS) is 12.6. The number of halogens is 2. The minimum absolute atomic E-state index is 0.0353. The molecular weight excluding hydrogens is 227 g/mol. The highest BCUT2D eigenvalue weighted by Crippen LogP contribution is 2.17. The molecule has 1 aromatic rings. The second-order valence-electron chi connectivity index (χ2n) is 2.78. The monoisotopic (exact) mass is 236 g/mol. The quantitative estimate of drug-likeness (QED) is 0.827. The zero-order valence-electron chi connectivity index (χ0n) is 7.54. The fourth-order valence-electron chi connectivity index (χ4n) is 0.884. The highest BCUT2D eigenvalue weighted by Gasteiger charge is 2.08. The van der Waals surface area contributed by atoms with Gasteiger partial charge in [-0.1, -0.05) is 11.6 Å². The molecule has 2 N–H and O–H groups in total. The summed E-state index contributed by atoms with van der Waals surface area (Å²) in [7, 11) is 0. The Hall–Kier alpha value is -0.650. The number of nitrogens with zero attached hydrogens (tertiary/aromatic N) is 3. The lowest BCUT2D eigenvalue weighted by Crippen LogP contribution is -2.18. The molecule has 0 saturated heterocycles. The number of rotatable bonds is 4. The van der Waals surface area contributed by atoms with E-state index in [2.05, 4.69) is 20.5 Å². The van der Waals surface area contributed by atoms with Gasteiger partial charge in [0.25, 0.3) is 0 Å². The van der Waals surface area contributed by atoms with Crippen molar-refractivity contribution in [2.75, 3.05) is 11.9 Å². The van der Waals surface area contributed by atoms with Crippen LogP contribution in [-0.4, -0.2) is 32.9 Å². The topological polar surface area (TPSA) is 70.9 Å². The predicted octanol–water partition coefficient (Wildman–Crippen LogP) is 1.36. The smallest absolute Gasteiger partial charge is 0.245 e. The van der Waals surface area contributed by atoms with Crippen molar-refractivity contribution < 1.29 is 5.11 Å². The third-order valence-electron chi connectivity index (χ3n) is 1.57. The van der Waals surface area contributed by atoms with Gasteiger partial charge < -0.3 is 10.4 Å². The first kappa shape index (κ1) is 11.4. The minimum atomic E-state index is 0.0353. The van der Waals surface area contributed by atoms with Gasteiger partial charge in [0, 0.05) is 12.6 Å². The molecule has 0 amide bonds. The van der Waals surface area contributed by atoms with E-state index in [-0.39, 0.29) is 23.1 Å². The maximum absolute atomic E-state index is 8.69. The van der Waals surface area contributed by atoms with Crippen LogP contribution in [0.1, 0.15) is 13.3 Å². The van der Waals surface area contributed by atoms with Crippen LogP contribution >= 0.6 is 23.2 Å². The van der Waals surface area contributed by atoms with Crippen molar-refractivity contribution in [3.05, 3.63) is 10.4 Å². The van der Waals surface area contributed by atoms with Gasteiger partial charge >= 0.3 is 0 Å². The molecule has 7 heteroatoms. The fourth-order valence-corrected chi connectivity index (χ4v) is 1.14. The molecule has 1 heterocycles. The number of hydrogen-bond donors (Lipinski definition) is 2. The van der Waals surface area contributed by atoms with Gasteiger partial charge in [-0.3, -0.25) is 0 Å². The molecule has 0 radical (unpaired) electrons. The molecule has 78 valence electrons. The summed E-state index contributed by atoms with van der Waals surface area (Å²) in [5.41, 5.74) is 0. The summed E-state index contributed by atoms with van der Waals surface area (Å²) in [6.07, 6.45) is 0.595. The van der Waals surface area contributed by atoms with Gasteiger partial charge in [0.05, 0.1) is 0 Å². The van der Waals surface area contributed by atoms with Crippen molar-refractivity contribution in [1.82, 2.24) is 15.2 Å². The molecule has 14 heavy (non-hydrogen) atoms. The Morgan fingerprint density at radius 1 is 1.43 bits per heavy atom. The van der Waals surface area contributed by atoms with Gasteiger partial charge in [-0.25, -0.2) is 0 Å². The first-order valence-electron chi connectivity index (χ1n) is 4.06. The Kier molecular flexibility index (Phi) is 4.31. The zero-order chi connectivity index (χ0) is 10.6. The van der Waals surface area contributed by atoms with Gasteiger partial charge in [-0.15, -0.1) is 10.2 Å². The van der Waals surface area contributed by atoms with Crippen molar-refractivity contribution in [1.29, 1.82) is 0 Å². The van der Waals surface area contributed by atoms with E-state index in [1.165, 1.54) is 0 Å². The maximum Gasteiger partial charge on any atom is 0.245 e. The summed E-state index contributed by atoms with van der Waals surface area (Å²) in [6.45, 7) is 1.99. The largest absolute Gasteiger partial charge is 0.396 e. The minimum Gasteiger partial charge on any atom is -0.396 e. The van der Waals surface area contributed by atoms with Crippen LogP contribution in [0.5, 0.6) is 0 Å². The Morgan fingerprint density at radius 3 is 2.79 bits per heavy atom. The Labute approximate surface area is 91.5 Å². The summed E-state index contributed by atoms with van der Waals surface area (Å²) >= 11 is 11.3. The summed E-state index contributed by atoms with van der Waals surface area (Å²) in [6, 6.07) is 0.0465. The van der Waals surface area contributed by atoms with E-state index in [0.29, 0.717) is 12.2 Å². The summed E-state index contributed by atoms with van der Waals surface area (Å²) in [4.78, 5) is 3.86. The third kappa shape index (κ3) is 3.25. The standard InChI is InChI=1S/C7H10Cl2N4O/c1-4(2-3-14)10-6-5(8)12-13-7(9)11-6/h4,14H,2-3H2,1H3,(H,10,11,13). The Morgan fingerprint density at radius 2 is 2.14 bits per heavy atom. The number of nitrogens with one attached hydrogen (secondary N) is 1. The molecule has 0 aliphatic carbocycles. The van der Waals surface area contributed by atoms with E-state index in [9.17, 15) is 0 Å². The van der Waals surface area contributed by atoms with Crippen molar-refractivity contribution in [3.63, 3.8) is 0 Å². The first-order valence-corrected chi connectivity index (χ1v) is 4.82. The van der Waals surface area contributed by atoms with Gasteiger partial charge in [-0.2, -0.15) is 4.98 Å². The van der Waals surface area contributed by atoms with E-state index in [1.54, 1.807) is 0 Å². The maximum atomic E-state index is 8.69. The lowest BCUT2D eigenvalue weighted by atomic mass is 10.2. The van der Waals surface area contributed by atoms with E-state index in [1.807, 2.05) is 6.92 Å². The van der Waals surface area contributed by atoms with Gasteiger partial charge in [0.2, 0.25) is 5.28 Å². The molecule has 5 nitrogen and oxygen atoms in total. The molecule has 1 atom stereocenters. The molecule has 0 bridgehead atoms. The fraction of sp³-hybridized carbons (Fsp3) is 0.571. The average Bonchev–Trinajstić information content (AvgIpc) is 2.12. The molecule has 0 aliphatic heterocycles. The molecule has 1 unspecified atom stereocenters. The van der Waals surface area contributed by atoms with Crippen molar-refractivity contribution in [3.8, 4) is 0 Å². The second-order valence-corrected chi connectivity index (χ2v) is 3.47. The van der Waals surface area contributed by atoms with Crippen LogP contribution in [0.3, 0.4) is 0 Å². The van der Waals surface area contributed by atoms with Crippen molar-refractivity contribution >= 4 is 29.0 Å². The van der Waals surface area contributed by atoms with Crippen LogP contribution in [0.4, 0.5) is 5.82 Å². The lowest BCUT2D eigenvalue weighted by Gasteiger charge is -2.12. The Bertz CT molecular complexity index is 310. The van der Waals surface area contributed by atoms with Crippen molar-refractivity contribution in [2.24, 2.45) is 0 Å². The summed E-state index contributed by atoms with van der Waals surface area (Å²) in [5.74, 6) is 0.382. The van der Waals surface area contributed by atoms with Gasteiger partial charge in [-0.05, 0) is 24.9 Å². The highest BCUT2D eigenvalue weighted by atomic mass is 35.5. The van der Waals surface area contributed by atoms with Crippen molar-refractivity contribution in [2.45, 2.75) is 19.4 Å². The van der Waals surface area contributed by atoms with Crippen LogP contribution in [0.2, 0.25) is 10.4 Å². The van der Waals surface area contributed by atoms with E-state index in [4.69, 9.17) is 28.3 Å². The van der Waals surface area contributed by atoms with Crippen LogP contribution in [-0.2, 0) is 0 Å².